The molecule has 0 aliphatic carbocycles. The lowest BCUT2D eigenvalue weighted by molar-refractivity contribution is 0.237. The molecule has 102 valence electrons. The van der Waals surface area contributed by atoms with Gasteiger partial charge in [0.25, 0.3) is 0 Å². The first-order valence-corrected chi connectivity index (χ1v) is 6.27. The molecular formula is C13H18N4O2. The summed E-state index contributed by atoms with van der Waals surface area (Å²) in [5.74, 6) is 0. The first-order valence-electron chi connectivity index (χ1n) is 6.27. The quantitative estimate of drug-likeness (QED) is 0.698. The van der Waals surface area contributed by atoms with Crippen molar-refractivity contribution in [2.24, 2.45) is 0 Å². The van der Waals surface area contributed by atoms with Crippen LogP contribution >= 0.6 is 0 Å². The summed E-state index contributed by atoms with van der Waals surface area (Å²) in [7, 11) is 0. The van der Waals surface area contributed by atoms with Crippen LogP contribution in [0.4, 0.5) is 4.79 Å². The van der Waals surface area contributed by atoms with E-state index in [2.05, 4.69) is 15.6 Å². The number of fused-ring (bicyclic) bond motifs is 1. The molecule has 2 heterocycles. The van der Waals surface area contributed by atoms with Gasteiger partial charge in [-0.3, -0.25) is 0 Å². The SMILES string of the molecule is Cc1cccc2nc(CNC(=O)NCCCO)cn12. The summed E-state index contributed by atoms with van der Waals surface area (Å²) in [6, 6.07) is 5.64. The maximum absolute atomic E-state index is 11.4. The average Bonchev–Trinajstić information content (AvgIpc) is 2.81. The molecule has 19 heavy (non-hydrogen) atoms. The molecule has 0 bridgehead atoms. The van der Waals surface area contributed by atoms with Gasteiger partial charge in [-0.05, 0) is 25.5 Å². The minimum atomic E-state index is -0.248. The number of hydrogen-bond acceptors (Lipinski definition) is 3. The number of nitrogens with one attached hydrogen (secondary N) is 2. The summed E-state index contributed by atoms with van der Waals surface area (Å²) in [6.45, 7) is 2.93. The topological polar surface area (TPSA) is 78.7 Å². The molecule has 6 heteroatoms. The number of hydrogen-bond donors (Lipinski definition) is 3. The Bertz CT molecular complexity index is 565. The molecule has 0 spiro atoms. The number of nitrogens with zero attached hydrogens (tertiary/aromatic N) is 2. The largest absolute Gasteiger partial charge is 0.396 e. The van der Waals surface area contributed by atoms with Crippen LogP contribution in [0.5, 0.6) is 0 Å². The Morgan fingerprint density at radius 1 is 1.42 bits per heavy atom. The third-order valence-corrected chi connectivity index (χ3v) is 2.80. The minimum Gasteiger partial charge on any atom is -0.396 e. The third kappa shape index (κ3) is 3.45. The summed E-state index contributed by atoms with van der Waals surface area (Å²) in [5, 5.41) is 14.0. The third-order valence-electron chi connectivity index (χ3n) is 2.80. The van der Waals surface area contributed by atoms with Crippen LogP contribution in [-0.2, 0) is 6.54 Å². The van der Waals surface area contributed by atoms with E-state index in [0.717, 1.165) is 17.0 Å². The number of rotatable bonds is 5. The number of carbonyl (C=O) groups excluding carboxylic acids is 1. The number of aryl methyl sites for hydroxylation is 1. The molecule has 2 rings (SSSR count). The summed E-state index contributed by atoms with van der Waals surface area (Å²) >= 11 is 0. The zero-order valence-corrected chi connectivity index (χ0v) is 10.9. The van der Waals surface area contributed by atoms with E-state index in [-0.39, 0.29) is 12.6 Å². The highest BCUT2D eigenvalue weighted by molar-refractivity contribution is 5.73. The predicted molar refractivity (Wildman–Crippen MR) is 71.9 cm³/mol. The zero-order valence-electron chi connectivity index (χ0n) is 10.9. The van der Waals surface area contributed by atoms with Crippen molar-refractivity contribution in [1.82, 2.24) is 20.0 Å². The first kappa shape index (κ1) is 13.4. The fraction of sp³-hybridized carbons (Fsp3) is 0.385. The molecule has 0 radical (unpaired) electrons. The van der Waals surface area contributed by atoms with E-state index >= 15 is 0 Å². The number of pyridine rings is 1. The Hall–Kier alpha value is -2.08. The van der Waals surface area contributed by atoms with Crippen LogP contribution in [0, 0.1) is 6.92 Å². The van der Waals surface area contributed by atoms with Gasteiger partial charge in [0.1, 0.15) is 5.65 Å². The van der Waals surface area contributed by atoms with E-state index in [9.17, 15) is 4.79 Å². The van der Waals surface area contributed by atoms with Crippen molar-refractivity contribution >= 4 is 11.7 Å². The predicted octanol–water partition coefficient (Wildman–Crippen LogP) is 0.824. The van der Waals surface area contributed by atoms with E-state index < -0.39 is 0 Å². The van der Waals surface area contributed by atoms with Crippen LogP contribution in [0.15, 0.2) is 24.4 Å². The number of carbonyl (C=O) groups is 1. The van der Waals surface area contributed by atoms with E-state index in [1.54, 1.807) is 0 Å². The van der Waals surface area contributed by atoms with Crippen LogP contribution in [-0.4, -0.2) is 33.7 Å². The Kier molecular flexibility index (Phi) is 4.35. The zero-order chi connectivity index (χ0) is 13.7. The molecule has 0 aromatic carbocycles. The van der Waals surface area contributed by atoms with Gasteiger partial charge in [0, 0.05) is 25.0 Å². The van der Waals surface area contributed by atoms with Gasteiger partial charge in [-0.2, -0.15) is 0 Å². The van der Waals surface area contributed by atoms with Gasteiger partial charge < -0.3 is 20.1 Å². The monoisotopic (exact) mass is 262 g/mol. The normalized spacial score (nSPS) is 10.6. The number of urea groups is 1. The van der Waals surface area contributed by atoms with Crippen LogP contribution in [0.1, 0.15) is 17.8 Å². The molecule has 0 fully saturated rings. The van der Waals surface area contributed by atoms with Crippen molar-refractivity contribution in [3.63, 3.8) is 0 Å². The van der Waals surface area contributed by atoms with Gasteiger partial charge >= 0.3 is 6.03 Å². The number of amides is 2. The Balaban J connectivity index is 1.91. The lowest BCUT2D eigenvalue weighted by Gasteiger charge is -2.04. The Morgan fingerprint density at radius 3 is 3.00 bits per heavy atom. The highest BCUT2D eigenvalue weighted by Gasteiger charge is 2.04. The molecule has 6 nitrogen and oxygen atoms in total. The maximum atomic E-state index is 11.4. The molecule has 0 saturated carbocycles. The minimum absolute atomic E-state index is 0.0754. The maximum Gasteiger partial charge on any atom is 0.315 e. The number of aromatic nitrogens is 2. The average molecular weight is 262 g/mol. The standard InChI is InChI=1S/C13H18N4O2/c1-10-4-2-5-12-16-11(9-17(10)12)8-15-13(19)14-6-3-7-18/h2,4-5,9,18H,3,6-8H2,1H3,(H2,14,15,19). The Labute approximate surface area is 111 Å². The van der Waals surface area contributed by atoms with Gasteiger partial charge in [0.15, 0.2) is 0 Å². The highest BCUT2D eigenvalue weighted by Crippen LogP contribution is 2.07. The van der Waals surface area contributed by atoms with Crippen molar-refractivity contribution in [1.29, 1.82) is 0 Å². The molecule has 0 saturated heterocycles. The van der Waals surface area contributed by atoms with Gasteiger partial charge in [-0.25, -0.2) is 9.78 Å². The summed E-state index contributed by atoms with van der Waals surface area (Å²) in [6.07, 6.45) is 2.47. The van der Waals surface area contributed by atoms with Crippen molar-refractivity contribution in [3.8, 4) is 0 Å². The molecule has 0 aliphatic rings. The van der Waals surface area contributed by atoms with E-state index in [1.165, 1.54) is 0 Å². The van der Waals surface area contributed by atoms with Crippen molar-refractivity contribution in [2.45, 2.75) is 19.9 Å². The number of aliphatic hydroxyl groups is 1. The van der Waals surface area contributed by atoms with Gasteiger partial charge in [0.2, 0.25) is 0 Å². The molecule has 0 atom stereocenters. The molecule has 2 aromatic rings. The fourth-order valence-corrected chi connectivity index (χ4v) is 1.80. The second-order valence-electron chi connectivity index (χ2n) is 4.31. The van der Waals surface area contributed by atoms with Crippen LogP contribution in [0.25, 0.3) is 5.65 Å². The lowest BCUT2D eigenvalue weighted by Crippen LogP contribution is -2.35. The number of aliphatic hydroxyl groups excluding tert-OH is 1. The molecule has 0 unspecified atom stereocenters. The van der Waals surface area contributed by atoms with Gasteiger partial charge in [-0.15, -0.1) is 0 Å². The summed E-state index contributed by atoms with van der Waals surface area (Å²) in [4.78, 5) is 15.9. The highest BCUT2D eigenvalue weighted by atomic mass is 16.3. The van der Waals surface area contributed by atoms with E-state index in [1.807, 2.05) is 35.7 Å². The smallest absolute Gasteiger partial charge is 0.315 e. The van der Waals surface area contributed by atoms with Gasteiger partial charge in [-0.1, -0.05) is 6.07 Å². The van der Waals surface area contributed by atoms with Gasteiger partial charge in [0.05, 0.1) is 12.2 Å². The van der Waals surface area contributed by atoms with E-state index in [4.69, 9.17) is 5.11 Å². The first-order chi connectivity index (χ1) is 9.20. The Morgan fingerprint density at radius 2 is 2.26 bits per heavy atom. The van der Waals surface area contributed by atoms with Crippen molar-refractivity contribution in [2.75, 3.05) is 13.2 Å². The number of imidazole rings is 1. The van der Waals surface area contributed by atoms with Crippen molar-refractivity contribution in [3.05, 3.63) is 35.8 Å². The molecular weight excluding hydrogens is 244 g/mol. The molecule has 2 aromatic heterocycles. The second kappa shape index (κ2) is 6.19. The summed E-state index contributed by atoms with van der Waals surface area (Å²) < 4.78 is 1.99. The van der Waals surface area contributed by atoms with E-state index in [0.29, 0.717) is 19.5 Å². The lowest BCUT2D eigenvalue weighted by atomic mass is 10.4. The molecule has 3 N–H and O–H groups in total. The fourth-order valence-electron chi connectivity index (χ4n) is 1.80. The van der Waals surface area contributed by atoms with Crippen LogP contribution < -0.4 is 10.6 Å². The molecule has 2 amide bonds. The van der Waals surface area contributed by atoms with Crippen molar-refractivity contribution < 1.29 is 9.90 Å². The molecule has 0 aliphatic heterocycles. The second-order valence-corrected chi connectivity index (χ2v) is 4.31. The van der Waals surface area contributed by atoms with Crippen LogP contribution in [0.3, 0.4) is 0 Å². The van der Waals surface area contributed by atoms with Crippen LogP contribution in [0.2, 0.25) is 0 Å². The summed E-state index contributed by atoms with van der Waals surface area (Å²) in [5.41, 5.74) is 2.78.